The predicted octanol–water partition coefficient (Wildman–Crippen LogP) is 3.05. The number of nitrogens with zero attached hydrogens (tertiary/aromatic N) is 5. The normalized spacial score (nSPS) is 17.5. The fourth-order valence-electron chi connectivity index (χ4n) is 3.58. The van der Waals surface area contributed by atoms with Crippen LogP contribution in [-0.4, -0.2) is 64.1 Å². The van der Waals surface area contributed by atoms with Gasteiger partial charge in [0.2, 0.25) is 5.95 Å². The van der Waals surface area contributed by atoms with Crippen molar-refractivity contribution in [3.05, 3.63) is 36.4 Å². The Morgan fingerprint density at radius 2 is 2.03 bits per heavy atom. The van der Waals surface area contributed by atoms with Gasteiger partial charge in [0.15, 0.2) is 5.82 Å². The Kier molecular flexibility index (Phi) is 5.18. The number of rotatable bonds is 4. The lowest BCUT2D eigenvalue weighted by Gasteiger charge is -2.35. The summed E-state index contributed by atoms with van der Waals surface area (Å²) in [6.07, 6.45) is 3.23. The molecular formula is C20H26N6O2S. The number of pyridine rings is 1. The van der Waals surface area contributed by atoms with Gasteiger partial charge in [0.25, 0.3) is 0 Å². The molecule has 154 valence electrons. The van der Waals surface area contributed by atoms with Crippen molar-refractivity contribution in [3.8, 4) is 5.82 Å². The summed E-state index contributed by atoms with van der Waals surface area (Å²) >= 11 is 0. The Labute approximate surface area is 171 Å². The van der Waals surface area contributed by atoms with Gasteiger partial charge in [-0.2, -0.15) is 4.36 Å². The topological polar surface area (TPSA) is 84.6 Å². The molecule has 0 aliphatic carbocycles. The molecule has 1 aromatic carbocycles. The molecule has 8 nitrogen and oxygen atoms in total. The summed E-state index contributed by atoms with van der Waals surface area (Å²) in [5.74, 6) is 1.82. The number of imidazole rings is 1. The maximum atomic E-state index is 12.4. The van der Waals surface area contributed by atoms with Crippen molar-refractivity contribution in [2.75, 3.05) is 49.5 Å². The average Bonchev–Trinajstić information content (AvgIpc) is 3.05. The second kappa shape index (κ2) is 7.64. The molecule has 3 aromatic rings. The molecule has 0 amide bonds. The number of hydrogen-bond acceptors (Lipinski definition) is 7. The van der Waals surface area contributed by atoms with E-state index in [4.69, 9.17) is 9.72 Å². The highest BCUT2D eigenvalue weighted by Crippen LogP contribution is 2.30. The first-order chi connectivity index (χ1) is 13.9. The molecule has 1 atom stereocenters. The lowest BCUT2D eigenvalue weighted by atomic mass is 10.2. The molecule has 3 heterocycles. The number of anilines is 2. The first kappa shape index (κ1) is 19.7. The van der Waals surface area contributed by atoms with E-state index in [1.165, 1.54) is 0 Å². The lowest BCUT2D eigenvalue weighted by molar-refractivity contribution is 0.0989. The largest absolute Gasteiger partial charge is 0.377 e. The third-order valence-electron chi connectivity index (χ3n) is 4.81. The fraction of sp³-hybridized carbons (Fsp3) is 0.400. The second-order valence-electron chi connectivity index (χ2n) is 7.44. The van der Waals surface area contributed by atoms with Gasteiger partial charge in [-0.3, -0.25) is 4.57 Å². The van der Waals surface area contributed by atoms with Crippen molar-refractivity contribution in [3.63, 3.8) is 0 Å². The van der Waals surface area contributed by atoms with Crippen molar-refractivity contribution >= 4 is 38.2 Å². The van der Waals surface area contributed by atoms with Crippen LogP contribution >= 0.6 is 0 Å². The monoisotopic (exact) mass is 414 g/mol. The van der Waals surface area contributed by atoms with Crippen LogP contribution in [0.3, 0.4) is 0 Å². The van der Waals surface area contributed by atoms with E-state index >= 15 is 0 Å². The highest BCUT2D eigenvalue weighted by Gasteiger charge is 2.22. The highest BCUT2D eigenvalue weighted by molar-refractivity contribution is 7.92. The Hall–Kier alpha value is -2.65. The van der Waals surface area contributed by atoms with Crippen LogP contribution in [0, 0.1) is 0 Å². The van der Waals surface area contributed by atoms with Crippen LogP contribution in [0.5, 0.6) is 0 Å². The van der Waals surface area contributed by atoms with Gasteiger partial charge in [0.05, 0.1) is 24.2 Å². The number of fused-ring (bicyclic) bond motifs is 1. The number of nitrogens with one attached hydrogen (secondary N) is 1. The second-order valence-corrected chi connectivity index (χ2v) is 9.99. The molecule has 1 N–H and O–H groups in total. The SMILES string of the molecule is CNc1nc2ccccc2n1-c1cc(N2CCOC[C@H]2C)cc(N=S(C)(C)=O)n1. The Morgan fingerprint density at radius 3 is 2.76 bits per heavy atom. The van der Waals surface area contributed by atoms with Gasteiger partial charge in [-0.15, -0.1) is 0 Å². The zero-order chi connectivity index (χ0) is 20.6. The van der Waals surface area contributed by atoms with E-state index < -0.39 is 9.73 Å². The summed E-state index contributed by atoms with van der Waals surface area (Å²) in [4.78, 5) is 11.7. The average molecular weight is 415 g/mol. The predicted molar refractivity (Wildman–Crippen MR) is 118 cm³/mol. The molecule has 0 saturated carbocycles. The van der Waals surface area contributed by atoms with E-state index in [9.17, 15) is 4.21 Å². The number of morpholine rings is 1. The van der Waals surface area contributed by atoms with Crippen molar-refractivity contribution in [1.29, 1.82) is 0 Å². The molecule has 4 rings (SSSR count). The molecule has 0 radical (unpaired) electrons. The van der Waals surface area contributed by atoms with Crippen molar-refractivity contribution in [2.24, 2.45) is 4.36 Å². The van der Waals surface area contributed by atoms with Crippen LogP contribution in [0.4, 0.5) is 17.5 Å². The number of benzene rings is 1. The van der Waals surface area contributed by atoms with Crippen LogP contribution in [0.1, 0.15) is 6.92 Å². The van der Waals surface area contributed by atoms with Gasteiger partial charge in [-0.05, 0) is 19.1 Å². The van der Waals surface area contributed by atoms with Crippen molar-refractivity contribution in [1.82, 2.24) is 14.5 Å². The third-order valence-corrected chi connectivity index (χ3v) is 5.44. The van der Waals surface area contributed by atoms with Crippen LogP contribution in [0.2, 0.25) is 0 Å². The van der Waals surface area contributed by atoms with E-state index in [1.807, 2.05) is 48.0 Å². The minimum absolute atomic E-state index is 0.225. The number of hydrogen-bond donors (Lipinski definition) is 1. The Bertz CT molecular complexity index is 1160. The van der Waals surface area contributed by atoms with Crippen molar-refractivity contribution < 1.29 is 8.95 Å². The lowest BCUT2D eigenvalue weighted by Crippen LogP contribution is -2.43. The van der Waals surface area contributed by atoms with Gasteiger partial charge in [-0.25, -0.2) is 14.2 Å². The van der Waals surface area contributed by atoms with Gasteiger partial charge in [-0.1, -0.05) is 12.1 Å². The Morgan fingerprint density at radius 1 is 1.24 bits per heavy atom. The summed E-state index contributed by atoms with van der Waals surface area (Å²) in [6.45, 7) is 4.24. The third kappa shape index (κ3) is 4.06. The van der Waals surface area contributed by atoms with Gasteiger partial charge in [0, 0.05) is 59.7 Å². The first-order valence-corrected chi connectivity index (χ1v) is 11.9. The fourth-order valence-corrected chi connectivity index (χ4v) is 4.12. The van der Waals surface area contributed by atoms with E-state index in [0.717, 1.165) is 23.3 Å². The molecule has 1 aliphatic rings. The first-order valence-electron chi connectivity index (χ1n) is 9.55. The van der Waals surface area contributed by atoms with Crippen molar-refractivity contribution in [2.45, 2.75) is 13.0 Å². The molecule has 0 spiro atoms. The molecule has 2 aromatic heterocycles. The standard InChI is InChI=1S/C20H26N6O2S/c1-14-13-28-10-9-25(14)15-11-18(24-29(3,4)27)23-19(12-15)26-17-8-6-5-7-16(17)22-20(26)21-2/h5-8,11-12,14H,9-10,13H2,1-4H3,(H,21,22)/t14-/m1/s1. The zero-order valence-electron chi connectivity index (χ0n) is 17.1. The van der Waals surface area contributed by atoms with E-state index in [1.54, 1.807) is 12.5 Å². The summed E-state index contributed by atoms with van der Waals surface area (Å²) in [6, 6.07) is 12.1. The van der Waals surface area contributed by atoms with Gasteiger partial charge < -0.3 is 15.0 Å². The number of aromatic nitrogens is 3. The molecule has 0 bridgehead atoms. The van der Waals surface area contributed by atoms with Crippen LogP contribution in [-0.2, 0) is 14.5 Å². The maximum Gasteiger partial charge on any atom is 0.209 e. The number of para-hydroxylation sites is 2. The smallest absolute Gasteiger partial charge is 0.209 e. The summed E-state index contributed by atoms with van der Waals surface area (Å²) in [5.41, 5.74) is 2.79. The molecule has 1 aliphatic heterocycles. The van der Waals surface area contributed by atoms with E-state index in [-0.39, 0.29) is 6.04 Å². The van der Waals surface area contributed by atoms with E-state index in [2.05, 4.69) is 26.5 Å². The summed E-state index contributed by atoms with van der Waals surface area (Å²) < 4.78 is 24.3. The summed E-state index contributed by atoms with van der Waals surface area (Å²) in [7, 11) is -0.518. The summed E-state index contributed by atoms with van der Waals surface area (Å²) in [5, 5.41) is 3.15. The zero-order valence-corrected chi connectivity index (χ0v) is 17.9. The highest BCUT2D eigenvalue weighted by atomic mass is 32.2. The molecule has 0 unspecified atom stereocenters. The molecule has 1 fully saturated rings. The van der Waals surface area contributed by atoms with Gasteiger partial charge in [0.1, 0.15) is 5.82 Å². The van der Waals surface area contributed by atoms with Gasteiger partial charge >= 0.3 is 0 Å². The Balaban J connectivity index is 1.95. The van der Waals surface area contributed by atoms with Crippen LogP contribution in [0.15, 0.2) is 40.8 Å². The minimum Gasteiger partial charge on any atom is -0.377 e. The molecule has 9 heteroatoms. The molecule has 29 heavy (non-hydrogen) atoms. The molecule has 1 saturated heterocycles. The van der Waals surface area contributed by atoms with Crippen LogP contribution in [0.25, 0.3) is 16.9 Å². The molecular weight excluding hydrogens is 388 g/mol. The van der Waals surface area contributed by atoms with E-state index in [0.29, 0.717) is 30.8 Å². The minimum atomic E-state index is -2.35. The van der Waals surface area contributed by atoms with Crippen LogP contribution < -0.4 is 10.2 Å². The maximum absolute atomic E-state index is 12.4. The quantitative estimate of drug-likeness (QED) is 0.706. The number of ether oxygens (including phenoxy) is 1.